The smallest absolute Gasteiger partial charge is 0.0295 e. The van der Waals surface area contributed by atoms with Crippen LogP contribution in [-0.4, -0.2) is 5.88 Å². The summed E-state index contributed by atoms with van der Waals surface area (Å²) in [5, 5.41) is 0. The molecular formula is C15H16BrClS. The summed E-state index contributed by atoms with van der Waals surface area (Å²) in [4.78, 5) is 2.88. The molecule has 1 aromatic heterocycles. The number of benzene rings is 1. The monoisotopic (exact) mass is 342 g/mol. The van der Waals surface area contributed by atoms with Crippen molar-refractivity contribution in [1.82, 2.24) is 0 Å². The molecule has 0 nitrogen and oxygen atoms in total. The molecule has 0 spiro atoms. The van der Waals surface area contributed by atoms with Gasteiger partial charge in [0.15, 0.2) is 0 Å². The molecule has 0 bridgehead atoms. The summed E-state index contributed by atoms with van der Waals surface area (Å²) in [7, 11) is 0. The third-order valence-corrected chi connectivity index (χ3v) is 5.19. The maximum Gasteiger partial charge on any atom is 0.0295 e. The number of hydrogen-bond donors (Lipinski definition) is 0. The first-order chi connectivity index (χ1) is 8.72. The van der Waals surface area contributed by atoms with Crippen LogP contribution in [0.3, 0.4) is 0 Å². The van der Waals surface area contributed by atoms with Gasteiger partial charge in [-0.05, 0) is 42.7 Å². The zero-order valence-corrected chi connectivity index (χ0v) is 13.5. The van der Waals surface area contributed by atoms with E-state index >= 15 is 0 Å². The van der Waals surface area contributed by atoms with Crippen molar-refractivity contribution < 1.29 is 0 Å². The lowest BCUT2D eigenvalue weighted by molar-refractivity contribution is 0.776. The molecule has 0 aliphatic rings. The minimum Gasteiger partial charge on any atom is -0.145 e. The van der Waals surface area contributed by atoms with E-state index in [2.05, 4.69) is 59.3 Å². The minimum atomic E-state index is 0.406. The first kappa shape index (κ1) is 14.1. The van der Waals surface area contributed by atoms with E-state index in [-0.39, 0.29) is 0 Å². The molecule has 18 heavy (non-hydrogen) atoms. The van der Waals surface area contributed by atoms with Crippen molar-refractivity contribution in [3.05, 3.63) is 56.2 Å². The molecule has 0 amide bonds. The van der Waals surface area contributed by atoms with E-state index in [0.29, 0.717) is 11.8 Å². The van der Waals surface area contributed by atoms with Gasteiger partial charge in [-0.2, -0.15) is 0 Å². The van der Waals surface area contributed by atoms with Crippen LogP contribution in [0.1, 0.15) is 28.2 Å². The Labute approximate surface area is 126 Å². The summed E-state index contributed by atoms with van der Waals surface area (Å²) in [6.45, 7) is 2.20. The predicted molar refractivity (Wildman–Crippen MR) is 85.0 cm³/mol. The Bertz CT molecular complexity index is 489. The Morgan fingerprint density at radius 3 is 2.33 bits per heavy atom. The standard InChI is InChI=1S/C15H16BrClS/c1-2-14-7-8-15(18-14)9-12(10-17)11-3-5-13(16)6-4-11/h3-8,12H,2,9-10H2,1H3. The van der Waals surface area contributed by atoms with E-state index in [0.717, 1.165) is 17.3 Å². The molecule has 2 rings (SSSR count). The molecular weight excluding hydrogens is 328 g/mol. The van der Waals surface area contributed by atoms with E-state index < -0.39 is 0 Å². The molecule has 2 aromatic rings. The van der Waals surface area contributed by atoms with E-state index in [1.54, 1.807) is 0 Å². The zero-order chi connectivity index (χ0) is 13.0. The first-order valence-corrected chi connectivity index (χ1v) is 8.26. The van der Waals surface area contributed by atoms with Crippen molar-refractivity contribution in [3.8, 4) is 0 Å². The maximum absolute atomic E-state index is 6.13. The highest BCUT2D eigenvalue weighted by Crippen LogP contribution is 2.27. The fourth-order valence-corrected chi connectivity index (χ4v) is 3.55. The van der Waals surface area contributed by atoms with Crippen LogP contribution < -0.4 is 0 Å². The Morgan fingerprint density at radius 2 is 1.78 bits per heavy atom. The van der Waals surface area contributed by atoms with Gasteiger partial charge in [0, 0.05) is 26.0 Å². The first-order valence-electron chi connectivity index (χ1n) is 6.12. The molecule has 1 atom stereocenters. The lowest BCUT2D eigenvalue weighted by Gasteiger charge is -2.13. The minimum absolute atomic E-state index is 0.406. The second-order valence-electron chi connectivity index (χ2n) is 4.33. The number of aryl methyl sites for hydroxylation is 1. The highest BCUT2D eigenvalue weighted by Gasteiger charge is 2.12. The molecule has 0 aliphatic carbocycles. The molecule has 0 saturated carbocycles. The summed E-state index contributed by atoms with van der Waals surface area (Å²) in [6, 6.07) is 13.0. The third-order valence-electron chi connectivity index (χ3n) is 3.04. The number of hydrogen-bond acceptors (Lipinski definition) is 1. The van der Waals surface area contributed by atoms with Crippen molar-refractivity contribution in [2.45, 2.75) is 25.7 Å². The van der Waals surface area contributed by atoms with Crippen LogP contribution in [0.15, 0.2) is 40.9 Å². The van der Waals surface area contributed by atoms with Crippen molar-refractivity contribution in [2.75, 3.05) is 5.88 Å². The van der Waals surface area contributed by atoms with Gasteiger partial charge in [0.25, 0.3) is 0 Å². The Kier molecular flexibility index (Phi) is 5.28. The van der Waals surface area contributed by atoms with Gasteiger partial charge < -0.3 is 0 Å². The highest BCUT2D eigenvalue weighted by molar-refractivity contribution is 9.10. The second-order valence-corrected chi connectivity index (χ2v) is 6.81. The molecule has 1 heterocycles. The molecule has 96 valence electrons. The summed E-state index contributed by atoms with van der Waals surface area (Å²) in [5.41, 5.74) is 1.32. The summed E-state index contributed by atoms with van der Waals surface area (Å²) in [6.07, 6.45) is 2.16. The van der Waals surface area contributed by atoms with Crippen LogP contribution in [0.5, 0.6) is 0 Å². The van der Waals surface area contributed by atoms with Gasteiger partial charge in [0.2, 0.25) is 0 Å². The molecule has 0 fully saturated rings. The van der Waals surface area contributed by atoms with E-state index in [1.807, 2.05) is 11.3 Å². The lowest BCUT2D eigenvalue weighted by Crippen LogP contribution is -2.03. The van der Waals surface area contributed by atoms with Crippen molar-refractivity contribution in [2.24, 2.45) is 0 Å². The maximum atomic E-state index is 6.13. The fraction of sp³-hybridized carbons (Fsp3) is 0.333. The fourth-order valence-electron chi connectivity index (χ4n) is 1.96. The van der Waals surface area contributed by atoms with Gasteiger partial charge in [0.1, 0.15) is 0 Å². The van der Waals surface area contributed by atoms with Crippen LogP contribution in [-0.2, 0) is 12.8 Å². The molecule has 0 N–H and O–H groups in total. The molecule has 3 heteroatoms. The van der Waals surface area contributed by atoms with Crippen molar-refractivity contribution in [1.29, 1.82) is 0 Å². The Hall–Kier alpha value is -0.310. The van der Waals surface area contributed by atoms with Gasteiger partial charge in [-0.1, -0.05) is 35.0 Å². The second kappa shape index (κ2) is 6.74. The number of alkyl halides is 1. The van der Waals surface area contributed by atoms with Gasteiger partial charge >= 0.3 is 0 Å². The van der Waals surface area contributed by atoms with Gasteiger partial charge in [-0.3, -0.25) is 0 Å². The Balaban J connectivity index is 2.11. The quantitative estimate of drug-likeness (QED) is 0.616. The van der Waals surface area contributed by atoms with E-state index in [1.165, 1.54) is 15.3 Å². The molecule has 1 aromatic carbocycles. The van der Waals surface area contributed by atoms with E-state index in [4.69, 9.17) is 11.6 Å². The largest absolute Gasteiger partial charge is 0.145 e. The topological polar surface area (TPSA) is 0 Å². The zero-order valence-electron chi connectivity index (χ0n) is 10.3. The van der Waals surface area contributed by atoms with Crippen LogP contribution in [0.25, 0.3) is 0 Å². The average Bonchev–Trinajstić information content (AvgIpc) is 2.85. The van der Waals surface area contributed by atoms with Crippen molar-refractivity contribution in [3.63, 3.8) is 0 Å². The lowest BCUT2D eigenvalue weighted by atomic mass is 9.97. The average molecular weight is 344 g/mol. The van der Waals surface area contributed by atoms with Crippen LogP contribution in [0.2, 0.25) is 0 Å². The molecule has 0 aliphatic heterocycles. The van der Waals surface area contributed by atoms with E-state index in [9.17, 15) is 0 Å². The molecule has 1 unspecified atom stereocenters. The molecule has 0 radical (unpaired) electrons. The number of rotatable bonds is 5. The highest BCUT2D eigenvalue weighted by atomic mass is 79.9. The van der Waals surface area contributed by atoms with Crippen molar-refractivity contribution >= 4 is 38.9 Å². The van der Waals surface area contributed by atoms with Gasteiger partial charge in [0.05, 0.1) is 0 Å². The SMILES string of the molecule is CCc1ccc(CC(CCl)c2ccc(Br)cc2)s1. The summed E-state index contributed by atoms with van der Waals surface area (Å²) >= 11 is 11.5. The molecule has 0 saturated heterocycles. The normalized spacial score (nSPS) is 12.6. The predicted octanol–water partition coefficient (Wildman–Crippen LogP) is 5.64. The van der Waals surface area contributed by atoms with Crippen LogP contribution in [0, 0.1) is 0 Å². The number of thiophene rings is 1. The number of halogens is 2. The summed E-state index contributed by atoms with van der Waals surface area (Å²) < 4.78 is 1.11. The Morgan fingerprint density at radius 1 is 1.11 bits per heavy atom. The van der Waals surface area contributed by atoms with Crippen LogP contribution >= 0.6 is 38.9 Å². The van der Waals surface area contributed by atoms with Gasteiger partial charge in [-0.15, -0.1) is 22.9 Å². The van der Waals surface area contributed by atoms with Gasteiger partial charge in [-0.25, -0.2) is 0 Å². The summed E-state index contributed by atoms with van der Waals surface area (Å²) in [5.74, 6) is 1.07. The third kappa shape index (κ3) is 3.59. The van der Waals surface area contributed by atoms with Crippen LogP contribution in [0.4, 0.5) is 0 Å².